The molecule has 1 aromatic heterocycles. The molecule has 0 unspecified atom stereocenters. The number of furan rings is 1. The van der Waals surface area contributed by atoms with Gasteiger partial charge < -0.3 is 14.8 Å². The van der Waals surface area contributed by atoms with Crippen LogP contribution in [0.1, 0.15) is 17.7 Å². The summed E-state index contributed by atoms with van der Waals surface area (Å²) in [5, 5.41) is 14.1. The van der Waals surface area contributed by atoms with Crippen LogP contribution in [0.4, 0.5) is 5.69 Å². The number of phenolic OH excluding ortho intramolecular Hbond substituents is 1. The van der Waals surface area contributed by atoms with Crippen molar-refractivity contribution in [2.45, 2.75) is 12.8 Å². The maximum atomic E-state index is 12.4. The third-order valence-corrected chi connectivity index (χ3v) is 5.63. The van der Waals surface area contributed by atoms with Crippen molar-refractivity contribution in [2.24, 2.45) is 0 Å². The lowest BCUT2D eigenvalue weighted by Gasteiger charge is -2.13. The van der Waals surface area contributed by atoms with E-state index in [1.807, 2.05) is 30.3 Å². The first-order valence-corrected chi connectivity index (χ1v) is 9.32. The molecule has 6 heteroatoms. The summed E-state index contributed by atoms with van der Waals surface area (Å²) in [6.45, 7) is 0. The Labute approximate surface area is 160 Å². The number of fused-ring (bicyclic) bond motifs is 3. The largest absolute Gasteiger partial charge is 0.506 e. The zero-order valence-electron chi connectivity index (χ0n) is 13.0. The Hall–Kier alpha value is -2.05. The number of anilines is 1. The molecule has 2 N–H and O–H groups in total. The zero-order valence-corrected chi connectivity index (χ0v) is 16.1. The number of carbonyl (C=O) groups excluding carboxylic acids is 1. The minimum absolute atomic E-state index is 0.0365. The number of phenols is 1. The van der Waals surface area contributed by atoms with Crippen molar-refractivity contribution < 1.29 is 14.3 Å². The van der Waals surface area contributed by atoms with Gasteiger partial charge in [-0.3, -0.25) is 4.79 Å². The number of aromatic hydroxyl groups is 1. The van der Waals surface area contributed by atoms with E-state index in [4.69, 9.17) is 4.42 Å². The molecule has 0 aliphatic heterocycles. The highest BCUT2D eigenvalue weighted by Gasteiger charge is 2.29. The Morgan fingerprint density at radius 2 is 1.92 bits per heavy atom. The number of para-hydroxylation sites is 1. The molecule has 0 fully saturated rings. The van der Waals surface area contributed by atoms with Gasteiger partial charge in [0.15, 0.2) is 5.78 Å². The third-order valence-electron chi connectivity index (χ3n) is 4.25. The molecule has 1 heterocycles. The first-order chi connectivity index (χ1) is 12.1. The van der Waals surface area contributed by atoms with Gasteiger partial charge in [-0.15, -0.1) is 0 Å². The number of carbonyl (C=O) groups is 1. The van der Waals surface area contributed by atoms with Crippen LogP contribution in [0.3, 0.4) is 0 Å². The van der Waals surface area contributed by atoms with Crippen LogP contribution < -0.4 is 5.32 Å². The molecular weight excluding hydrogens is 450 g/mol. The number of benzene rings is 2. The van der Waals surface area contributed by atoms with E-state index in [-0.39, 0.29) is 11.5 Å². The summed E-state index contributed by atoms with van der Waals surface area (Å²) in [4.78, 5) is 12.4. The molecule has 0 bridgehead atoms. The van der Waals surface area contributed by atoms with Gasteiger partial charge in [0.05, 0.1) is 14.5 Å². The minimum atomic E-state index is 0.0365. The molecule has 0 atom stereocenters. The van der Waals surface area contributed by atoms with Crippen LogP contribution in [0.25, 0.3) is 16.5 Å². The first kappa shape index (κ1) is 16.4. The fraction of sp³-hybridized carbons (Fsp3) is 0.105. The number of rotatable bonds is 2. The van der Waals surface area contributed by atoms with Gasteiger partial charge >= 0.3 is 0 Å². The maximum absolute atomic E-state index is 12.4. The van der Waals surface area contributed by atoms with Crippen LogP contribution in [-0.2, 0) is 11.2 Å². The number of hydrogen-bond donors (Lipinski definition) is 2. The average Bonchev–Trinajstić information content (AvgIpc) is 2.98. The number of ketones is 1. The molecule has 3 aromatic rings. The molecule has 0 saturated heterocycles. The SMILES string of the molecule is O=C1CCc2c(oc3cc(Br)c(O)c(Br)c23)/C1=C/Nc1ccccc1. The Bertz CT molecular complexity index is 1020. The zero-order chi connectivity index (χ0) is 17.6. The molecule has 2 aromatic carbocycles. The normalized spacial score (nSPS) is 15.6. The number of nitrogens with one attached hydrogen (secondary N) is 1. The highest BCUT2D eigenvalue weighted by Crippen LogP contribution is 2.45. The van der Waals surface area contributed by atoms with Crippen molar-refractivity contribution in [2.75, 3.05) is 5.32 Å². The van der Waals surface area contributed by atoms with Crippen LogP contribution in [0, 0.1) is 0 Å². The van der Waals surface area contributed by atoms with E-state index in [1.165, 1.54) is 0 Å². The Balaban J connectivity index is 1.85. The minimum Gasteiger partial charge on any atom is -0.506 e. The number of allylic oxidation sites excluding steroid dienone is 1. The molecule has 1 aliphatic rings. The topological polar surface area (TPSA) is 62.5 Å². The van der Waals surface area contributed by atoms with E-state index in [0.29, 0.717) is 38.7 Å². The van der Waals surface area contributed by atoms with Gasteiger partial charge in [0.2, 0.25) is 0 Å². The molecule has 25 heavy (non-hydrogen) atoms. The summed E-state index contributed by atoms with van der Waals surface area (Å²) < 4.78 is 7.09. The van der Waals surface area contributed by atoms with Gasteiger partial charge in [-0.2, -0.15) is 0 Å². The van der Waals surface area contributed by atoms with Crippen molar-refractivity contribution in [3.05, 3.63) is 62.9 Å². The van der Waals surface area contributed by atoms with Gasteiger partial charge in [0.25, 0.3) is 0 Å². The summed E-state index contributed by atoms with van der Waals surface area (Å²) >= 11 is 6.76. The van der Waals surface area contributed by atoms with Gasteiger partial charge in [-0.25, -0.2) is 0 Å². The molecule has 4 rings (SSSR count). The molecule has 0 spiro atoms. The highest BCUT2D eigenvalue weighted by atomic mass is 79.9. The molecular formula is C19H13Br2NO3. The van der Waals surface area contributed by atoms with Crippen LogP contribution in [0.2, 0.25) is 0 Å². The van der Waals surface area contributed by atoms with Crippen molar-refractivity contribution in [1.29, 1.82) is 0 Å². The predicted octanol–water partition coefficient (Wildman–Crippen LogP) is 5.63. The molecule has 0 radical (unpaired) electrons. The van der Waals surface area contributed by atoms with E-state index >= 15 is 0 Å². The number of aryl methyl sites for hydroxylation is 1. The number of halogens is 2. The van der Waals surface area contributed by atoms with Gasteiger partial charge in [0.1, 0.15) is 17.1 Å². The second kappa shape index (κ2) is 6.35. The summed E-state index contributed by atoms with van der Waals surface area (Å²) in [6, 6.07) is 11.4. The summed E-state index contributed by atoms with van der Waals surface area (Å²) in [7, 11) is 0. The fourth-order valence-electron chi connectivity index (χ4n) is 3.03. The Morgan fingerprint density at radius 1 is 1.16 bits per heavy atom. The van der Waals surface area contributed by atoms with Crippen molar-refractivity contribution in [1.82, 2.24) is 0 Å². The van der Waals surface area contributed by atoms with E-state index in [2.05, 4.69) is 37.2 Å². The highest BCUT2D eigenvalue weighted by molar-refractivity contribution is 9.11. The number of hydrogen-bond acceptors (Lipinski definition) is 4. The summed E-state index contributed by atoms with van der Waals surface area (Å²) in [6.07, 6.45) is 2.69. The summed E-state index contributed by atoms with van der Waals surface area (Å²) in [5.41, 5.74) is 2.98. The average molecular weight is 463 g/mol. The monoisotopic (exact) mass is 461 g/mol. The second-order valence-corrected chi connectivity index (χ2v) is 7.44. The molecule has 1 aliphatic carbocycles. The fourth-order valence-corrected chi connectivity index (χ4v) is 4.35. The Kier molecular flexibility index (Phi) is 4.17. The van der Waals surface area contributed by atoms with Gasteiger partial charge in [0, 0.05) is 29.3 Å². The second-order valence-electron chi connectivity index (χ2n) is 5.80. The first-order valence-electron chi connectivity index (χ1n) is 7.74. The maximum Gasteiger partial charge on any atom is 0.168 e. The van der Waals surface area contributed by atoms with E-state index in [1.54, 1.807) is 12.3 Å². The quantitative estimate of drug-likeness (QED) is 0.484. The summed E-state index contributed by atoms with van der Waals surface area (Å²) in [5.74, 6) is 0.725. The third kappa shape index (κ3) is 2.79. The molecule has 126 valence electrons. The molecule has 0 amide bonds. The van der Waals surface area contributed by atoms with Crippen molar-refractivity contribution in [3.8, 4) is 5.75 Å². The lowest BCUT2D eigenvalue weighted by molar-refractivity contribution is -0.114. The number of Topliss-reactive ketones (excluding diaryl/α,β-unsaturated/α-hetero) is 1. The van der Waals surface area contributed by atoms with E-state index in [0.717, 1.165) is 16.6 Å². The van der Waals surface area contributed by atoms with Gasteiger partial charge in [-0.05, 0) is 56.5 Å². The van der Waals surface area contributed by atoms with Crippen LogP contribution in [0.5, 0.6) is 5.75 Å². The van der Waals surface area contributed by atoms with E-state index < -0.39 is 0 Å². The Morgan fingerprint density at radius 3 is 2.68 bits per heavy atom. The predicted molar refractivity (Wildman–Crippen MR) is 105 cm³/mol. The van der Waals surface area contributed by atoms with Crippen LogP contribution in [0.15, 0.2) is 56.0 Å². The standard InChI is InChI=1S/C19H13Br2NO3/c20-13-8-15-16(17(21)18(13)24)11-6-7-14(23)12(19(11)25-15)9-22-10-4-2-1-3-5-10/h1-5,8-9,22,24H,6-7H2/b12-9+. The van der Waals surface area contributed by atoms with Crippen molar-refractivity contribution >= 4 is 59.9 Å². The smallest absolute Gasteiger partial charge is 0.168 e. The lowest BCUT2D eigenvalue weighted by Crippen LogP contribution is -2.12. The molecule has 4 nitrogen and oxygen atoms in total. The molecule has 0 saturated carbocycles. The van der Waals surface area contributed by atoms with Crippen LogP contribution in [-0.4, -0.2) is 10.9 Å². The van der Waals surface area contributed by atoms with Crippen LogP contribution >= 0.6 is 31.9 Å². The van der Waals surface area contributed by atoms with E-state index in [9.17, 15) is 9.90 Å². The van der Waals surface area contributed by atoms with Gasteiger partial charge in [-0.1, -0.05) is 18.2 Å². The van der Waals surface area contributed by atoms with Crippen molar-refractivity contribution in [3.63, 3.8) is 0 Å². The lowest BCUT2D eigenvalue weighted by atomic mass is 9.91.